The molecular formula is C38H52N12O7. The predicted octanol–water partition coefficient (Wildman–Crippen LogP) is -2.00. The van der Waals surface area contributed by atoms with E-state index in [9.17, 15) is 33.9 Å². The van der Waals surface area contributed by atoms with Gasteiger partial charge in [0.15, 0.2) is 11.9 Å². The highest BCUT2D eigenvalue weighted by atomic mass is 16.3. The molecule has 0 fully saturated rings. The van der Waals surface area contributed by atoms with E-state index in [4.69, 9.17) is 28.7 Å². The molecule has 3 rings (SSSR count). The number of phenolic OH excluding ortho intramolecular Hbond substituents is 1. The molecule has 0 spiro atoms. The van der Waals surface area contributed by atoms with Crippen LogP contribution >= 0.6 is 0 Å². The Balaban J connectivity index is 1.87. The molecule has 0 saturated carbocycles. The van der Waals surface area contributed by atoms with Crippen molar-refractivity contribution in [3.63, 3.8) is 0 Å². The minimum atomic E-state index is -1.28. The zero-order chi connectivity index (χ0) is 41.9. The van der Waals surface area contributed by atoms with Gasteiger partial charge in [-0.15, -0.1) is 0 Å². The molecule has 0 radical (unpaired) electrons. The molecule has 0 unspecified atom stereocenters. The van der Waals surface area contributed by atoms with Gasteiger partial charge in [-0.2, -0.15) is 0 Å². The van der Waals surface area contributed by atoms with Crippen LogP contribution in [-0.4, -0.2) is 96.3 Å². The number of aromatic hydroxyl groups is 1. The van der Waals surface area contributed by atoms with Crippen molar-refractivity contribution in [3.05, 3.63) is 77.9 Å². The molecule has 19 heteroatoms. The van der Waals surface area contributed by atoms with Gasteiger partial charge in [0.25, 0.3) is 0 Å². The van der Waals surface area contributed by atoms with E-state index in [0.29, 0.717) is 5.56 Å². The highest BCUT2D eigenvalue weighted by Gasteiger charge is 2.31. The molecule has 0 bridgehead atoms. The van der Waals surface area contributed by atoms with Gasteiger partial charge in [-0.25, -0.2) is 0 Å². The molecule has 0 saturated heterocycles. The molecule has 4 atom stereocenters. The Hall–Kier alpha value is -6.92. The van der Waals surface area contributed by atoms with E-state index in [1.54, 1.807) is 12.1 Å². The first-order valence-corrected chi connectivity index (χ1v) is 18.2. The molecule has 306 valence electrons. The lowest BCUT2D eigenvalue weighted by Gasteiger charge is -2.26. The third-order valence-electron chi connectivity index (χ3n) is 8.60. The number of hydrogen-bond donors (Lipinski definition) is 11. The summed E-state index contributed by atoms with van der Waals surface area (Å²) in [6.07, 6.45) is 0.479. The number of rotatable bonds is 22. The highest BCUT2D eigenvalue weighted by Crippen LogP contribution is 2.17. The second kappa shape index (κ2) is 22.5. The molecule has 3 aromatic carbocycles. The molecule has 0 aliphatic carbocycles. The van der Waals surface area contributed by atoms with Gasteiger partial charge in [0.2, 0.25) is 35.4 Å². The lowest BCUT2D eigenvalue weighted by atomic mass is 10.0. The van der Waals surface area contributed by atoms with Gasteiger partial charge in [0.1, 0.15) is 29.9 Å². The molecule has 0 aliphatic heterocycles. The van der Waals surface area contributed by atoms with Crippen LogP contribution in [0.3, 0.4) is 0 Å². The Kier molecular flexibility index (Phi) is 17.5. The number of guanidine groups is 2. The molecule has 57 heavy (non-hydrogen) atoms. The van der Waals surface area contributed by atoms with Crippen LogP contribution in [0.25, 0.3) is 10.8 Å². The van der Waals surface area contributed by atoms with Crippen LogP contribution in [0.5, 0.6) is 5.75 Å². The van der Waals surface area contributed by atoms with E-state index < -0.39 is 66.2 Å². The topological polar surface area (TPSA) is 338 Å². The molecule has 16 N–H and O–H groups in total. The van der Waals surface area contributed by atoms with Crippen molar-refractivity contribution < 1.29 is 33.9 Å². The molecule has 6 amide bonds. The monoisotopic (exact) mass is 788 g/mol. The summed E-state index contributed by atoms with van der Waals surface area (Å²) in [7, 11) is 0. The number of nitrogens with two attached hydrogens (primary N) is 5. The maximum absolute atomic E-state index is 14.0. The molecular weight excluding hydrogens is 736 g/mol. The minimum absolute atomic E-state index is 0.00562. The van der Waals surface area contributed by atoms with Crippen LogP contribution in [0, 0.1) is 0 Å². The average molecular weight is 789 g/mol. The first-order valence-electron chi connectivity index (χ1n) is 18.2. The summed E-state index contributed by atoms with van der Waals surface area (Å²) < 4.78 is 0. The Morgan fingerprint density at radius 1 is 0.614 bits per heavy atom. The summed E-state index contributed by atoms with van der Waals surface area (Å²) in [6.45, 7) is 1.03. The summed E-state index contributed by atoms with van der Waals surface area (Å²) in [5.41, 5.74) is 28.9. The normalized spacial score (nSPS) is 12.8. The zero-order valence-electron chi connectivity index (χ0n) is 31.7. The van der Waals surface area contributed by atoms with Gasteiger partial charge in [0, 0.05) is 32.9 Å². The summed E-state index contributed by atoms with van der Waals surface area (Å²) in [5, 5.41) is 24.6. The first-order chi connectivity index (χ1) is 27.1. The molecule has 19 nitrogen and oxygen atoms in total. The molecule has 0 heterocycles. The van der Waals surface area contributed by atoms with E-state index in [1.807, 2.05) is 42.5 Å². The molecule has 3 aromatic rings. The van der Waals surface area contributed by atoms with Crippen molar-refractivity contribution in [2.45, 2.75) is 69.6 Å². The van der Waals surface area contributed by atoms with Crippen molar-refractivity contribution in [3.8, 4) is 5.75 Å². The Bertz CT molecular complexity index is 1930. The summed E-state index contributed by atoms with van der Waals surface area (Å²) in [4.78, 5) is 86.3. The second-order valence-electron chi connectivity index (χ2n) is 13.3. The highest BCUT2D eigenvalue weighted by molar-refractivity contribution is 5.96. The van der Waals surface area contributed by atoms with Crippen molar-refractivity contribution in [2.24, 2.45) is 38.7 Å². The van der Waals surface area contributed by atoms with E-state index in [0.717, 1.165) is 16.3 Å². The van der Waals surface area contributed by atoms with Crippen LogP contribution in [0.2, 0.25) is 0 Å². The number of amides is 6. The summed E-state index contributed by atoms with van der Waals surface area (Å²) >= 11 is 0. The lowest BCUT2D eigenvalue weighted by Crippen LogP contribution is -2.58. The number of carbonyl (C=O) groups excluding carboxylic acids is 6. The third kappa shape index (κ3) is 16.1. The van der Waals surface area contributed by atoms with Gasteiger partial charge in [0.05, 0.1) is 6.54 Å². The fourth-order valence-electron chi connectivity index (χ4n) is 5.71. The van der Waals surface area contributed by atoms with E-state index in [2.05, 4.69) is 36.6 Å². The summed E-state index contributed by atoms with van der Waals surface area (Å²) in [6, 6.07) is 14.3. The fraction of sp³-hybridized carbons (Fsp3) is 0.368. The largest absolute Gasteiger partial charge is 0.508 e. The smallest absolute Gasteiger partial charge is 0.243 e. The van der Waals surface area contributed by atoms with Gasteiger partial charge >= 0.3 is 0 Å². The Morgan fingerprint density at radius 3 is 1.63 bits per heavy atom. The standard InChI is InChI=1S/C38H52N12O7/c1-22(51)46-21-32(53)47-31(19-23-11-14-27(52)15-12-23)36(57)49-28(8-4-16-44-37(40)41)34(55)48-29(9-5-17-45-38(42)43)35(56)50-30(33(39)54)20-24-10-13-25-6-2-3-7-26(25)18-24/h2-3,6-7,10-15,18,28-31,52H,4-5,8-9,16-17,19-21H2,1H3,(H2,39,54)(H,46,51)(H,47,53)(H,48,55)(H,49,57)(H,50,56)(H4,40,41,44)(H4,42,43,45)/t28-,29+,30+,31-/m1/s1. The number of aliphatic imine (C=N–C) groups is 2. The van der Waals surface area contributed by atoms with Gasteiger partial charge in [-0.3, -0.25) is 38.8 Å². The van der Waals surface area contributed by atoms with Gasteiger partial charge in [-0.05, 0) is 59.7 Å². The minimum Gasteiger partial charge on any atom is -0.508 e. The first kappa shape index (κ1) is 44.5. The van der Waals surface area contributed by atoms with E-state index in [-0.39, 0.29) is 69.3 Å². The quantitative estimate of drug-likeness (QED) is 0.0300. The van der Waals surface area contributed by atoms with Gasteiger partial charge in [-0.1, -0.05) is 54.6 Å². The van der Waals surface area contributed by atoms with Crippen molar-refractivity contribution >= 4 is 58.1 Å². The molecule has 0 aliphatic rings. The number of primary amides is 1. The number of benzene rings is 3. The number of phenols is 1. The van der Waals surface area contributed by atoms with Crippen molar-refractivity contribution in [1.82, 2.24) is 26.6 Å². The van der Waals surface area contributed by atoms with E-state index in [1.165, 1.54) is 19.1 Å². The number of carbonyl (C=O) groups is 6. The maximum Gasteiger partial charge on any atom is 0.243 e. The van der Waals surface area contributed by atoms with Crippen molar-refractivity contribution in [1.29, 1.82) is 0 Å². The number of nitrogens with zero attached hydrogens (tertiary/aromatic N) is 2. The van der Waals surface area contributed by atoms with Crippen LogP contribution in [0.4, 0.5) is 0 Å². The van der Waals surface area contributed by atoms with E-state index >= 15 is 0 Å². The third-order valence-corrected chi connectivity index (χ3v) is 8.60. The molecule has 0 aromatic heterocycles. The number of fused-ring (bicyclic) bond motifs is 1. The SMILES string of the molecule is CC(=O)NCC(=O)N[C@H](Cc1ccc(O)cc1)C(=O)N[C@H](CCCN=C(N)N)C(=O)N[C@@H](CCCN=C(N)N)C(=O)N[C@@H](Cc1ccc2ccccc2c1)C(N)=O. The van der Waals surface area contributed by atoms with Crippen LogP contribution < -0.4 is 55.3 Å². The van der Waals surface area contributed by atoms with Crippen LogP contribution in [-0.2, 0) is 41.6 Å². The maximum atomic E-state index is 14.0. The average Bonchev–Trinajstić information content (AvgIpc) is 3.16. The van der Waals surface area contributed by atoms with Crippen molar-refractivity contribution in [2.75, 3.05) is 19.6 Å². The second-order valence-corrected chi connectivity index (χ2v) is 13.3. The fourth-order valence-corrected chi connectivity index (χ4v) is 5.71. The number of nitrogens with one attached hydrogen (secondary N) is 5. The van der Waals surface area contributed by atoms with Gasteiger partial charge < -0.3 is 60.4 Å². The summed E-state index contributed by atoms with van der Waals surface area (Å²) in [5.74, 6) is -4.56. The van der Waals surface area contributed by atoms with Crippen LogP contribution in [0.15, 0.2) is 76.7 Å². The predicted molar refractivity (Wildman–Crippen MR) is 215 cm³/mol. The zero-order valence-corrected chi connectivity index (χ0v) is 31.7. The number of hydrogen-bond acceptors (Lipinski definition) is 9. The van der Waals surface area contributed by atoms with Crippen LogP contribution in [0.1, 0.15) is 43.7 Å². The Morgan fingerprint density at radius 2 is 1.11 bits per heavy atom. The Labute approximate surface area is 329 Å². The lowest BCUT2D eigenvalue weighted by molar-refractivity contribution is -0.134.